The van der Waals surface area contributed by atoms with E-state index < -0.39 is 0 Å². The lowest BCUT2D eigenvalue weighted by molar-refractivity contribution is 0.669. The van der Waals surface area contributed by atoms with Gasteiger partial charge in [0.05, 0.1) is 55.9 Å². The summed E-state index contributed by atoms with van der Waals surface area (Å²) in [4.78, 5) is 34.9. The number of nitrogens with zero attached hydrogens (tertiary/aromatic N) is 10. The van der Waals surface area contributed by atoms with Crippen molar-refractivity contribution >= 4 is 141 Å². The molecule has 0 amide bonds. The van der Waals surface area contributed by atoms with Crippen molar-refractivity contribution in [1.29, 1.82) is 0 Å². The van der Waals surface area contributed by atoms with Crippen molar-refractivity contribution in [2.45, 2.75) is 0 Å². The van der Waals surface area contributed by atoms with Gasteiger partial charge in [0.2, 0.25) is 0 Å². The van der Waals surface area contributed by atoms with Gasteiger partial charge >= 0.3 is 0 Å². The van der Waals surface area contributed by atoms with Gasteiger partial charge in [0.1, 0.15) is 22.3 Å². The van der Waals surface area contributed by atoms with Gasteiger partial charge < -0.3 is 22.5 Å². The standard InChI is InChI=1S/C46H29N3O.C46H29N3S.C45H28N4O/c1-3-12-30(13-4-1)40-29-41(31-14-5-2-6-15-31)48-46(47-40)32-22-25-34(26-23-32)49-42-20-9-7-16-36(42)39-28-33(24-27-43(39)49)35-18-11-19-38-37-17-8-10-21-44(37)50-45(35)38;1-3-11-30(12-4-1)40-29-41(31-13-5-2-6-14-31)48-46(47-40)32-19-23-35(24-20-32)49-42-17-9-7-15-36(42)38-27-33(21-25-43(38)49)34-22-26-45-39(28-34)37-16-8-10-18-44(37)50-45;1-3-12-29(13-4-1)43-46-44(30-14-5-2-6-15-30)48-45(47-43)31-22-25-33(26-23-31)49-39-20-9-7-16-35(39)38-28-32(24-27-40(38)49)34-18-11-19-37-36-17-8-10-21-41(36)50-42(34)37/h2*1-29H;1-28H. The molecule has 9 heterocycles. The fourth-order valence-corrected chi connectivity index (χ4v) is 22.6. The van der Waals surface area contributed by atoms with Gasteiger partial charge in [-0.1, -0.05) is 352 Å². The molecular formula is C137H86N10O2S. The average molecular weight is 1940 g/mol. The number of thiophene rings is 1. The molecule has 30 aromatic rings. The Bertz CT molecular complexity index is 9860. The van der Waals surface area contributed by atoms with Crippen LogP contribution in [-0.4, -0.2) is 48.6 Å². The zero-order valence-corrected chi connectivity index (χ0v) is 81.7. The Kier molecular flexibility index (Phi) is 21.8. The molecular weight excluding hydrogens is 1850 g/mol. The molecule has 9 aromatic heterocycles. The first-order chi connectivity index (χ1) is 74.3. The SMILES string of the molecule is c1ccc(-c2cc(-c3ccccc3)nc(-c3ccc(-n4c5ccccc5c5cc(-c6ccc7sc8ccccc8c7c6)ccc54)cc3)n2)cc1.c1ccc(-c2cc(-c3ccccc3)nc(-c3ccc(-n4c5ccccc5c5cc(-c6cccc7c6oc6ccccc67)ccc54)cc3)n2)cc1.c1ccc(-c2nc(-c3ccccc3)nc(-c3ccc(-n4c5ccccc5c5cc(-c6cccc7c6oc6ccccc67)ccc54)cc3)n2)cc1. The quantitative estimate of drug-likeness (QED) is 0.0984. The van der Waals surface area contributed by atoms with Crippen molar-refractivity contribution in [2.24, 2.45) is 0 Å². The van der Waals surface area contributed by atoms with Crippen molar-refractivity contribution in [3.8, 4) is 152 Å². The maximum Gasteiger partial charge on any atom is 0.164 e. The number of hydrogen-bond donors (Lipinski definition) is 0. The average Bonchev–Trinajstić information content (AvgIpc) is 1.60. The first-order valence-corrected chi connectivity index (χ1v) is 51.2. The minimum Gasteiger partial charge on any atom is -0.455 e. The van der Waals surface area contributed by atoms with Crippen LogP contribution in [0, 0.1) is 0 Å². The molecule has 0 aliphatic carbocycles. The Hall–Kier alpha value is -20.0. The van der Waals surface area contributed by atoms with E-state index in [1.54, 1.807) is 0 Å². The fraction of sp³-hybridized carbons (Fsp3) is 0. The summed E-state index contributed by atoms with van der Waals surface area (Å²) in [6, 6.07) is 182. The van der Waals surface area contributed by atoms with E-state index >= 15 is 0 Å². The molecule has 21 aromatic carbocycles. The van der Waals surface area contributed by atoms with E-state index in [2.05, 4.69) is 378 Å². The highest BCUT2D eigenvalue weighted by Gasteiger charge is 2.25. The van der Waals surface area contributed by atoms with Crippen LogP contribution in [0.15, 0.2) is 531 Å². The highest BCUT2D eigenvalue weighted by molar-refractivity contribution is 7.25. The minimum absolute atomic E-state index is 0.635. The molecule has 0 fully saturated rings. The summed E-state index contributed by atoms with van der Waals surface area (Å²) in [7, 11) is 0. The van der Waals surface area contributed by atoms with E-state index in [0.29, 0.717) is 29.1 Å². The number of benzene rings is 21. The summed E-state index contributed by atoms with van der Waals surface area (Å²) >= 11 is 1.86. The molecule has 13 heteroatoms. The third-order valence-corrected chi connectivity index (χ3v) is 29.9. The van der Waals surface area contributed by atoms with Crippen molar-refractivity contribution < 1.29 is 8.83 Å². The van der Waals surface area contributed by atoms with Gasteiger partial charge in [-0.15, -0.1) is 11.3 Å². The van der Waals surface area contributed by atoms with Crippen LogP contribution in [0.4, 0.5) is 0 Å². The molecule has 150 heavy (non-hydrogen) atoms. The topological polar surface area (TPSA) is 131 Å². The molecule has 30 rings (SSSR count). The Morgan fingerprint density at radius 2 is 0.407 bits per heavy atom. The van der Waals surface area contributed by atoms with E-state index in [1.165, 1.54) is 74.6 Å². The van der Waals surface area contributed by atoms with Crippen LogP contribution in [-0.2, 0) is 0 Å². The summed E-state index contributed by atoms with van der Waals surface area (Å²) in [5, 5.41) is 14.4. The summed E-state index contributed by atoms with van der Waals surface area (Å²) in [6.07, 6.45) is 0. The smallest absolute Gasteiger partial charge is 0.164 e. The molecule has 0 N–H and O–H groups in total. The number of hydrogen-bond acceptors (Lipinski definition) is 10. The van der Waals surface area contributed by atoms with Gasteiger partial charge in [0, 0.05) is 152 Å². The second kappa shape index (κ2) is 37.3. The predicted octanol–water partition coefficient (Wildman–Crippen LogP) is 36.3. The number of fused-ring (bicyclic) bond motifs is 18. The van der Waals surface area contributed by atoms with Crippen LogP contribution in [0.1, 0.15) is 0 Å². The van der Waals surface area contributed by atoms with Crippen LogP contribution < -0.4 is 0 Å². The van der Waals surface area contributed by atoms with Gasteiger partial charge in [-0.2, -0.15) is 0 Å². The van der Waals surface area contributed by atoms with Crippen LogP contribution in [0.5, 0.6) is 0 Å². The van der Waals surface area contributed by atoms with Crippen LogP contribution in [0.2, 0.25) is 0 Å². The lowest BCUT2D eigenvalue weighted by atomic mass is 10.0. The van der Waals surface area contributed by atoms with Crippen LogP contribution in [0.3, 0.4) is 0 Å². The Morgan fingerprint density at radius 3 is 0.773 bits per heavy atom. The second-order valence-corrected chi connectivity index (χ2v) is 38.8. The molecule has 702 valence electrons. The highest BCUT2D eigenvalue weighted by Crippen LogP contribution is 2.46. The maximum absolute atomic E-state index is 6.41. The lowest BCUT2D eigenvalue weighted by Crippen LogP contribution is -2.00. The highest BCUT2D eigenvalue weighted by atomic mass is 32.1. The molecule has 0 aliphatic heterocycles. The Morgan fingerprint density at radius 1 is 0.153 bits per heavy atom. The maximum atomic E-state index is 6.41. The summed E-state index contributed by atoms with van der Waals surface area (Å²) in [6.45, 7) is 0. The molecule has 0 unspecified atom stereocenters. The van der Waals surface area contributed by atoms with E-state index in [0.717, 1.165) is 178 Å². The zero-order valence-electron chi connectivity index (χ0n) is 80.8. The van der Waals surface area contributed by atoms with Gasteiger partial charge in [-0.25, -0.2) is 34.9 Å². The lowest BCUT2D eigenvalue weighted by Gasteiger charge is -2.11. The normalized spacial score (nSPS) is 11.6. The Balaban J connectivity index is 0.000000108. The molecule has 0 saturated carbocycles. The zero-order chi connectivity index (χ0) is 99.1. The minimum atomic E-state index is 0.635. The number of rotatable bonds is 15. The van der Waals surface area contributed by atoms with Crippen molar-refractivity contribution in [2.75, 3.05) is 0 Å². The first kappa shape index (κ1) is 87.8. The number of para-hydroxylation sites is 7. The van der Waals surface area contributed by atoms with E-state index in [-0.39, 0.29) is 0 Å². The van der Waals surface area contributed by atoms with Gasteiger partial charge in [0.15, 0.2) is 29.1 Å². The number of aromatic nitrogens is 10. The number of furan rings is 2. The fourth-order valence-electron chi connectivity index (χ4n) is 21.5. The molecule has 0 atom stereocenters. The molecule has 12 nitrogen and oxygen atoms in total. The third-order valence-electron chi connectivity index (χ3n) is 28.7. The monoisotopic (exact) mass is 1930 g/mol. The van der Waals surface area contributed by atoms with Gasteiger partial charge in [-0.05, 0) is 192 Å². The van der Waals surface area contributed by atoms with E-state index in [1.807, 2.05) is 169 Å². The molecule has 0 radical (unpaired) electrons. The van der Waals surface area contributed by atoms with Crippen LogP contribution >= 0.6 is 11.3 Å². The summed E-state index contributed by atoms with van der Waals surface area (Å²) < 4.78 is 22.5. The first-order valence-electron chi connectivity index (χ1n) is 50.4. The molecule has 0 aliphatic rings. The van der Waals surface area contributed by atoms with Gasteiger partial charge in [-0.3, -0.25) is 0 Å². The molecule has 0 saturated heterocycles. The van der Waals surface area contributed by atoms with E-state index in [9.17, 15) is 0 Å². The summed E-state index contributed by atoms with van der Waals surface area (Å²) in [5.41, 5.74) is 33.3. The predicted molar refractivity (Wildman–Crippen MR) is 620 cm³/mol. The molecule has 0 spiro atoms. The molecule has 0 bridgehead atoms. The Labute approximate surface area is 866 Å². The van der Waals surface area contributed by atoms with Crippen LogP contribution in [0.25, 0.3) is 282 Å². The summed E-state index contributed by atoms with van der Waals surface area (Å²) in [5.74, 6) is 3.34. The van der Waals surface area contributed by atoms with Crippen molar-refractivity contribution in [3.05, 3.63) is 522 Å². The van der Waals surface area contributed by atoms with E-state index in [4.69, 9.17) is 43.7 Å². The third kappa shape index (κ3) is 15.9. The van der Waals surface area contributed by atoms with Crippen molar-refractivity contribution in [1.82, 2.24) is 48.6 Å². The second-order valence-electron chi connectivity index (χ2n) is 37.7. The van der Waals surface area contributed by atoms with Crippen molar-refractivity contribution in [3.63, 3.8) is 0 Å². The largest absolute Gasteiger partial charge is 0.455 e. The van der Waals surface area contributed by atoms with Gasteiger partial charge in [0.25, 0.3) is 0 Å².